The van der Waals surface area contributed by atoms with Gasteiger partial charge in [0.05, 0.1) is 19.1 Å². The SMILES string of the molecule is CC(=O)C(CC#N)=P(c1ccccc1)(c1ccccc1)c1ccccc1.CC(=O)C=P(c1ccccc1)(c1ccccc1)c1ccccc1.CCBr.CCOC(C)=O. The molecule has 0 saturated carbocycles. The predicted octanol–water partition coefficient (Wildman–Crippen LogP) is 9.00. The first-order chi connectivity index (χ1) is 28.1. The van der Waals surface area contributed by atoms with Crippen molar-refractivity contribution in [2.75, 3.05) is 11.9 Å². The first kappa shape index (κ1) is 47.1. The summed E-state index contributed by atoms with van der Waals surface area (Å²) in [5, 5.41) is 18.1. The molecule has 0 radical (unpaired) electrons. The molecule has 6 aromatic carbocycles. The van der Waals surface area contributed by atoms with Gasteiger partial charge in [0.25, 0.3) is 0 Å². The van der Waals surface area contributed by atoms with Crippen LogP contribution in [0.2, 0.25) is 0 Å². The Morgan fingerprint density at radius 2 is 0.828 bits per heavy atom. The lowest BCUT2D eigenvalue weighted by Gasteiger charge is -2.31. The van der Waals surface area contributed by atoms with E-state index < -0.39 is 13.8 Å². The molecule has 0 heterocycles. The molecule has 0 spiro atoms. The van der Waals surface area contributed by atoms with E-state index in [1.54, 1.807) is 20.8 Å². The average Bonchev–Trinajstić information content (AvgIpc) is 3.25. The summed E-state index contributed by atoms with van der Waals surface area (Å²) in [6, 6.07) is 63.7. The lowest BCUT2D eigenvalue weighted by atomic mass is 10.2. The highest BCUT2D eigenvalue weighted by Gasteiger charge is 2.31. The van der Waals surface area contributed by atoms with Crippen LogP contribution in [0.15, 0.2) is 182 Å². The van der Waals surface area contributed by atoms with Crippen LogP contribution in [0.3, 0.4) is 0 Å². The summed E-state index contributed by atoms with van der Waals surface area (Å²) in [6.45, 7) is 4.44. The molecular weight excluding hydrogens is 820 g/mol. The van der Waals surface area contributed by atoms with Crippen molar-refractivity contribution in [1.29, 1.82) is 5.26 Å². The van der Waals surface area contributed by atoms with E-state index >= 15 is 0 Å². The number of benzene rings is 6. The van der Waals surface area contributed by atoms with E-state index in [1.165, 1.54) is 22.8 Å². The van der Waals surface area contributed by atoms with Gasteiger partial charge in [-0.3, -0.25) is 14.4 Å². The van der Waals surface area contributed by atoms with Gasteiger partial charge >= 0.3 is 5.97 Å². The second-order valence-electron chi connectivity index (χ2n) is 12.7. The number of Topliss-reactive ketones (excluding diaryl/α,β-unsaturated/α-hetero) is 2. The fourth-order valence-corrected chi connectivity index (χ4v) is 14.8. The zero-order valence-electron chi connectivity index (χ0n) is 33.9. The number of alkyl halides is 1. The summed E-state index contributed by atoms with van der Waals surface area (Å²) in [4.78, 5) is 34.7. The van der Waals surface area contributed by atoms with Crippen molar-refractivity contribution >= 4 is 90.2 Å². The van der Waals surface area contributed by atoms with Crippen molar-refractivity contribution in [2.24, 2.45) is 0 Å². The summed E-state index contributed by atoms with van der Waals surface area (Å²) < 4.78 is 4.40. The lowest BCUT2D eigenvalue weighted by molar-refractivity contribution is -0.140. The first-order valence-electron chi connectivity index (χ1n) is 19.0. The van der Waals surface area contributed by atoms with Crippen LogP contribution < -0.4 is 31.8 Å². The highest BCUT2D eigenvalue weighted by Crippen LogP contribution is 2.47. The fraction of sp³-hybridized carbons (Fsp3) is 0.160. The summed E-state index contributed by atoms with van der Waals surface area (Å²) in [7, 11) is 0. The lowest BCUT2D eigenvalue weighted by Crippen LogP contribution is -2.32. The molecule has 6 rings (SSSR count). The van der Waals surface area contributed by atoms with E-state index in [1.807, 2.05) is 122 Å². The topological polar surface area (TPSA) is 84.2 Å². The van der Waals surface area contributed by atoms with E-state index in [0.717, 1.165) is 21.2 Å². The number of hydrogen-bond donors (Lipinski definition) is 0. The van der Waals surface area contributed by atoms with Gasteiger partial charge in [-0.15, -0.1) is 0 Å². The van der Waals surface area contributed by atoms with Crippen LogP contribution in [0.4, 0.5) is 0 Å². The standard InChI is InChI=1S/C23H20NOP.C21H19OP.C4H8O2.C2H5Br/c1-19(25)23(17-18-24)26(20-11-5-2-6-12-20,21-13-7-3-8-14-21)22-15-9-4-10-16-22;1-18(22)17-23(19-11-5-2-6-12-19,20-13-7-3-8-14-20)21-15-9-4-10-16-21;1-3-6-4(2)5;1-2-3/h2-16H,17H2,1H3;2-17H,1H3;3H2,1-2H3;2H2,1H3. The third kappa shape index (κ3) is 12.6. The third-order valence-corrected chi connectivity index (χ3v) is 17.3. The Morgan fingerprint density at radius 1 is 0.552 bits per heavy atom. The van der Waals surface area contributed by atoms with E-state index in [9.17, 15) is 19.6 Å². The molecule has 0 aromatic heterocycles. The van der Waals surface area contributed by atoms with Gasteiger partial charge in [-0.1, -0.05) is 205 Å². The molecule has 298 valence electrons. The van der Waals surface area contributed by atoms with E-state index in [0.29, 0.717) is 11.9 Å². The van der Waals surface area contributed by atoms with Crippen LogP contribution in [-0.2, 0) is 19.1 Å². The minimum Gasteiger partial charge on any atom is -0.466 e. The number of carbonyl (C=O) groups is 3. The molecule has 0 aliphatic rings. The predicted molar refractivity (Wildman–Crippen MR) is 255 cm³/mol. The maximum absolute atomic E-state index is 12.7. The Bertz CT molecular complexity index is 2100. The van der Waals surface area contributed by atoms with Gasteiger partial charge < -0.3 is 4.74 Å². The van der Waals surface area contributed by atoms with Gasteiger partial charge in [-0.25, -0.2) is 0 Å². The summed E-state index contributed by atoms with van der Waals surface area (Å²) in [6.07, 6.45) is 0.127. The van der Waals surface area contributed by atoms with Gasteiger partial charge in [-0.05, 0) is 72.2 Å². The zero-order valence-corrected chi connectivity index (χ0v) is 37.2. The molecule has 58 heavy (non-hydrogen) atoms. The fourth-order valence-electron chi connectivity index (χ4n) is 6.56. The summed E-state index contributed by atoms with van der Waals surface area (Å²) in [5.74, 6) is 1.82. The Hall–Kier alpha value is -5.30. The van der Waals surface area contributed by atoms with Crippen molar-refractivity contribution in [3.05, 3.63) is 182 Å². The largest absolute Gasteiger partial charge is 0.466 e. The van der Waals surface area contributed by atoms with E-state index in [4.69, 9.17) is 0 Å². The molecule has 0 amide bonds. The molecular formula is C50H52BrNO4P2. The van der Waals surface area contributed by atoms with Crippen molar-refractivity contribution < 1.29 is 19.1 Å². The molecule has 0 N–H and O–H groups in total. The smallest absolute Gasteiger partial charge is 0.302 e. The molecule has 5 nitrogen and oxygen atoms in total. The Labute approximate surface area is 353 Å². The minimum atomic E-state index is -2.39. The quantitative estimate of drug-likeness (QED) is 0.0780. The summed E-state index contributed by atoms with van der Waals surface area (Å²) in [5.41, 5.74) is 0. The molecule has 0 unspecified atom stereocenters. The summed E-state index contributed by atoms with van der Waals surface area (Å²) >= 11 is 3.15. The van der Waals surface area contributed by atoms with Crippen LogP contribution in [0.5, 0.6) is 0 Å². The normalized spacial score (nSPS) is 10.3. The van der Waals surface area contributed by atoms with Crippen LogP contribution in [0, 0.1) is 11.3 Å². The van der Waals surface area contributed by atoms with Crippen LogP contribution >= 0.6 is 29.7 Å². The molecule has 0 saturated heterocycles. The Kier molecular flexibility index (Phi) is 20.4. The van der Waals surface area contributed by atoms with Gasteiger partial charge in [0, 0.05) is 17.5 Å². The molecule has 6 aromatic rings. The number of carbonyl (C=O) groups excluding carboxylic acids is 3. The van der Waals surface area contributed by atoms with E-state index in [-0.39, 0.29) is 24.0 Å². The maximum Gasteiger partial charge on any atom is 0.302 e. The number of halogens is 1. The number of nitrogens with zero attached hydrogens (tertiary/aromatic N) is 1. The van der Waals surface area contributed by atoms with Crippen molar-refractivity contribution in [2.45, 2.75) is 41.0 Å². The molecule has 0 aliphatic carbocycles. The van der Waals surface area contributed by atoms with Crippen LogP contribution in [0.1, 0.15) is 41.0 Å². The number of esters is 1. The molecule has 0 atom stereocenters. The number of hydrogen-bond acceptors (Lipinski definition) is 5. The average molecular weight is 873 g/mol. The highest BCUT2D eigenvalue weighted by atomic mass is 79.9. The van der Waals surface area contributed by atoms with Gasteiger partial charge in [0.2, 0.25) is 0 Å². The monoisotopic (exact) mass is 871 g/mol. The van der Waals surface area contributed by atoms with Crippen LogP contribution in [-0.4, -0.2) is 40.6 Å². The van der Waals surface area contributed by atoms with Gasteiger partial charge in [0.1, 0.15) is 0 Å². The molecule has 0 aliphatic heterocycles. The second kappa shape index (κ2) is 25.1. The first-order valence-corrected chi connectivity index (χ1v) is 23.8. The number of ether oxygens (including phenoxy) is 1. The zero-order chi connectivity index (χ0) is 42.2. The minimum absolute atomic E-state index is 0.0172. The second-order valence-corrected chi connectivity index (χ2v) is 20.5. The van der Waals surface area contributed by atoms with Crippen LogP contribution in [0.25, 0.3) is 0 Å². The van der Waals surface area contributed by atoms with Gasteiger partial charge in [-0.2, -0.15) is 5.26 Å². The molecule has 8 heteroatoms. The van der Waals surface area contributed by atoms with Gasteiger partial charge in [0.15, 0.2) is 11.6 Å². The molecule has 0 fully saturated rings. The third-order valence-electron chi connectivity index (χ3n) is 8.70. The number of rotatable bonds is 10. The van der Waals surface area contributed by atoms with E-state index in [2.05, 4.69) is 99.5 Å². The van der Waals surface area contributed by atoms with Crippen molar-refractivity contribution in [3.63, 3.8) is 0 Å². The Morgan fingerprint density at radius 3 is 1.02 bits per heavy atom. The molecule has 0 bridgehead atoms. The van der Waals surface area contributed by atoms with Crippen molar-refractivity contribution in [1.82, 2.24) is 0 Å². The number of ketones is 2. The maximum atomic E-state index is 12.7. The highest BCUT2D eigenvalue weighted by molar-refractivity contribution is 9.09. The van der Waals surface area contributed by atoms with Crippen molar-refractivity contribution in [3.8, 4) is 6.07 Å². The Balaban J connectivity index is 0.000000258. The number of nitriles is 1.